The minimum absolute atomic E-state index is 0.176. The molecular formula is C11H13BrN4O2S. The van der Waals surface area contributed by atoms with Crippen molar-refractivity contribution in [1.82, 2.24) is 15.2 Å². The van der Waals surface area contributed by atoms with Gasteiger partial charge in [0.15, 0.2) is 0 Å². The van der Waals surface area contributed by atoms with Crippen molar-refractivity contribution < 1.29 is 8.42 Å². The third-order valence-electron chi connectivity index (χ3n) is 2.63. The summed E-state index contributed by atoms with van der Waals surface area (Å²) in [6, 6.07) is 3.34. The number of nitrogens with zero attached hydrogens (tertiary/aromatic N) is 2. The number of anilines is 1. The van der Waals surface area contributed by atoms with Gasteiger partial charge in [-0.2, -0.15) is 5.10 Å². The number of pyridine rings is 1. The Kier molecular flexibility index (Phi) is 3.64. The van der Waals surface area contributed by atoms with Crippen LogP contribution in [-0.2, 0) is 10.0 Å². The fourth-order valence-corrected chi connectivity index (χ4v) is 3.66. The van der Waals surface area contributed by atoms with Gasteiger partial charge in [0.05, 0.1) is 22.8 Å². The van der Waals surface area contributed by atoms with Crippen molar-refractivity contribution >= 4 is 31.6 Å². The maximum atomic E-state index is 12.3. The van der Waals surface area contributed by atoms with Crippen LogP contribution in [0.5, 0.6) is 0 Å². The fraction of sp³-hybridized carbons (Fsp3) is 0.273. The van der Waals surface area contributed by atoms with Crippen LogP contribution in [0.25, 0.3) is 0 Å². The maximum absolute atomic E-state index is 12.3. The summed E-state index contributed by atoms with van der Waals surface area (Å²) >= 11 is 3.23. The average Bonchev–Trinajstić information content (AvgIpc) is 2.63. The van der Waals surface area contributed by atoms with Crippen molar-refractivity contribution in [1.29, 1.82) is 0 Å². The summed E-state index contributed by atoms with van der Waals surface area (Å²) in [5.41, 5.74) is 1.99. The molecule has 2 N–H and O–H groups in total. The smallest absolute Gasteiger partial charge is 0.265 e. The molecule has 0 unspecified atom stereocenters. The number of H-pyrrole nitrogens is 1. The molecule has 0 saturated carbocycles. The van der Waals surface area contributed by atoms with Crippen LogP contribution in [0.3, 0.4) is 0 Å². The zero-order valence-electron chi connectivity index (χ0n) is 10.7. The van der Waals surface area contributed by atoms with Gasteiger partial charge in [-0.05, 0) is 48.8 Å². The Bertz CT molecular complexity index is 705. The highest BCUT2D eigenvalue weighted by Crippen LogP contribution is 2.23. The van der Waals surface area contributed by atoms with Crippen LogP contribution in [0.15, 0.2) is 21.6 Å². The maximum Gasteiger partial charge on any atom is 0.265 e. The summed E-state index contributed by atoms with van der Waals surface area (Å²) in [4.78, 5) is 4.33. The summed E-state index contributed by atoms with van der Waals surface area (Å²) in [5.74, 6) is 0. The zero-order chi connectivity index (χ0) is 14.2. The van der Waals surface area contributed by atoms with Gasteiger partial charge in [-0.15, -0.1) is 0 Å². The highest BCUT2D eigenvalue weighted by Gasteiger charge is 2.23. The normalized spacial score (nSPS) is 11.6. The van der Waals surface area contributed by atoms with Crippen LogP contribution < -0.4 is 4.72 Å². The second-order valence-corrected chi connectivity index (χ2v) is 6.57. The van der Waals surface area contributed by atoms with Crippen molar-refractivity contribution in [3.05, 3.63) is 33.8 Å². The van der Waals surface area contributed by atoms with Crippen LogP contribution in [0.1, 0.15) is 17.1 Å². The molecule has 0 aliphatic carbocycles. The molecule has 0 fully saturated rings. The Hall–Kier alpha value is -1.41. The summed E-state index contributed by atoms with van der Waals surface area (Å²) < 4.78 is 27.8. The van der Waals surface area contributed by atoms with Crippen LogP contribution in [0, 0.1) is 20.8 Å². The molecule has 0 saturated heterocycles. The molecule has 6 nitrogen and oxygen atoms in total. The van der Waals surface area contributed by atoms with Crippen LogP contribution >= 0.6 is 15.9 Å². The molecule has 0 atom stereocenters. The van der Waals surface area contributed by atoms with Crippen molar-refractivity contribution in [3.8, 4) is 0 Å². The molecule has 2 aromatic rings. The predicted octanol–water partition coefficient (Wildman–Crippen LogP) is 2.29. The average molecular weight is 345 g/mol. The zero-order valence-corrected chi connectivity index (χ0v) is 13.1. The van der Waals surface area contributed by atoms with E-state index in [-0.39, 0.29) is 4.90 Å². The van der Waals surface area contributed by atoms with E-state index in [0.29, 0.717) is 27.4 Å². The van der Waals surface area contributed by atoms with Gasteiger partial charge in [0.1, 0.15) is 9.50 Å². The molecule has 2 rings (SSSR count). The highest BCUT2D eigenvalue weighted by atomic mass is 79.9. The molecule has 0 spiro atoms. The number of aryl methyl sites for hydroxylation is 3. The fourth-order valence-electron chi connectivity index (χ4n) is 1.77. The van der Waals surface area contributed by atoms with Gasteiger partial charge in [0, 0.05) is 0 Å². The van der Waals surface area contributed by atoms with E-state index >= 15 is 0 Å². The molecule has 0 amide bonds. The number of hydrogen-bond acceptors (Lipinski definition) is 4. The number of rotatable bonds is 3. The number of halogens is 1. The van der Waals surface area contributed by atoms with Gasteiger partial charge in [-0.1, -0.05) is 0 Å². The Balaban J connectivity index is 2.42. The lowest BCUT2D eigenvalue weighted by Gasteiger charge is -2.10. The molecule has 8 heteroatoms. The lowest BCUT2D eigenvalue weighted by Crippen LogP contribution is -2.15. The molecule has 2 aromatic heterocycles. The molecule has 102 valence electrons. The number of aromatic amines is 1. The third kappa shape index (κ3) is 2.79. The van der Waals surface area contributed by atoms with Crippen molar-refractivity contribution in [3.63, 3.8) is 0 Å². The minimum atomic E-state index is -3.67. The molecule has 19 heavy (non-hydrogen) atoms. The van der Waals surface area contributed by atoms with E-state index in [0.717, 1.165) is 0 Å². The van der Waals surface area contributed by atoms with Gasteiger partial charge < -0.3 is 0 Å². The summed E-state index contributed by atoms with van der Waals surface area (Å²) in [6.07, 6.45) is 0. The van der Waals surface area contributed by atoms with Gasteiger partial charge in [-0.25, -0.2) is 13.4 Å². The second-order valence-electron chi connectivity index (χ2n) is 4.14. The lowest BCUT2D eigenvalue weighted by atomic mass is 10.3. The largest absolute Gasteiger partial charge is 0.281 e. The first-order valence-electron chi connectivity index (χ1n) is 5.49. The van der Waals surface area contributed by atoms with E-state index in [4.69, 9.17) is 0 Å². The molecule has 0 bridgehead atoms. The van der Waals surface area contributed by atoms with Gasteiger partial charge >= 0.3 is 0 Å². The molecule has 0 aromatic carbocycles. The van der Waals surface area contributed by atoms with Gasteiger partial charge in [0.2, 0.25) is 0 Å². The quantitative estimate of drug-likeness (QED) is 0.836. The van der Waals surface area contributed by atoms with Crippen LogP contribution in [0.4, 0.5) is 5.69 Å². The summed E-state index contributed by atoms with van der Waals surface area (Å²) in [6.45, 7) is 5.05. The molecule has 0 radical (unpaired) electrons. The van der Waals surface area contributed by atoms with E-state index in [1.54, 1.807) is 32.9 Å². The molecule has 0 aliphatic rings. The highest BCUT2D eigenvalue weighted by molar-refractivity contribution is 9.10. The van der Waals surface area contributed by atoms with Crippen LogP contribution in [-0.4, -0.2) is 23.6 Å². The molecule has 2 heterocycles. The standard InChI is InChI=1S/C11H13BrN4O2S/c1-6-9(4-5-10(12)13-6)16-19(17,18)11-7(2)14-15-8(11)3/h4-5,16H,1-3H3,(H,14,15). The number of aromatic nitrogens is 3. The summed E-state index contributed by atoms with van der Waals surface area (Å²) in [5, 5.41) is 6.55. The van der Waals surface area contributed by atoms with Gasteiger partial charge in [0.25, 0.3) is 10.0 Å². The van der Waals surface area contributed by atoms with E-state index in [9.17, 15) is 8.42 Å². The van der Waals surface area contributed by atoms with Gasteiger partial charge in [-0.3, -0.25) is 9.82 Å². The predicted molar refractivity (Wildman–Crippen MR) is 75.5 cm³/mol. The summed E-state index contributed by atoms with van der Waals surface area (Å²) in [7, 11) is -3.67. The first-order valence-corrected chi connectivity index (χ1v) is 7.76. The van der Waals surface area contributed by atoms with Crippen molar-refractivity contribution in [2.75, 3.05) is 4.72 Å². The Labute approximate surface area is 119 Å². The van der Waals surface area contributed by atoms with Crippen molar-refractivity contribution in [2.45, 2.75) is 25.7 Å². The number of nitrogens with one attached hydrogen (secondary N) is 2. The Morgan fingerprint density at radius 3 is 2.42 bits per heavy atom. The topological polar surface area (TPSA) is 87.7 Å². The monoisotopic (exact) mass is 344 g/mol. The number of hydrogen-bond donors (Lipinski definition) is 2. The first-order chi connectivity index (χ1) is 8.81. The van der Waals surface area contributed by atoms with Crippen molar-refractivity contribution in [2.24, 2.45) is 0 Å². The Morgan fingerprint density at radius 2 is 1.89 bits per heavy atom. The number of sulfonamides is 1. The third-order valence-corrected chi connectivity index (χ3v) is 4.69. The lowest BCUT2D eigenvalue weighted by molar-refractivity contribution is 0.600. The van der Waals surface area contributed by atoms with E-state index in [1.165, 1.54) is 0 Å². The van der Waals surface area contributed by atoms with E-state index in [1.807, 2.05) is 0 Å². The Morgan fingerprint density at radius 1 is 1.21 bits per heavy atom. The van der Waals surface area contributed by atoms with Crippen LogP contribution in [0.2, 0.25) is 0 Å². The first kappa shape index (κ1) is 14.0. The second kappa shape index (κ2) is 4.93. The molecular weight excluding hydrogens is 332 g/mol. The SMILES string of the molecule is Cc1nc(Br)ccc1NS(=O)(=O)c1c(C)n[nH]c1C. The molecule has 0 aliphatic heterocycles. The van der Waals surface area contributed by atoms with E-state index in [2.05, 4.69) is 35.8 Å². The minimum Gasteiger partial charge on any atom is -0.281 e. The van der Waals surface area contributed by atoms with E-state index < -0.39 is 10.0 Å².